The van der Waals surface area contributed by atoms with Crippen molar-refractivity contribution in [3.63, 3.8) is 0 Å². The number of carboxylic acid groups (broad SMARTS) is 1. The van der Waals surface area contributed by atoms with Crippen LogP contribution >= 0.6 is 0 Å². The lowest BCUT2D eigenvalue weighted by Gasteiger charge is -2.21. The van der Waals surface area contributed by atoms with Crippen LogP contribution in [0.5, 0.6) is 5.75 Å². The molecule has 0 aliphatic carbocycles. The molecule has 1 aromatic rings. The number of aliphatic hydroxyl groups excluding tert-OH is 1. The van der Waals surface area contributed by atoms with Gasteiger partial charge < -0.3 is 14.9 Å². The summed E-state index contributed by atoms with van der Waals surface area (Å²) >= 11 is 0. The summed E-state index contributed by atoms with van der Waals surface area (Å²) in [7, 11) is -3.40. The van der Waals surface area contributed by atoms with Crippen molar-refractivity contribution in [1.29, 1.82) is 0 Å². The zero-order chi connectivity index (χ0) is 20.3. The Balaban J connectivity index is 2.60. The molecule has 1 aromatic carbocycles. The summed E-state index contributed by atoms with van der Waals surface area (Å²) in [6, 6.07) is 6.74. The molecule has 0 spiro atoms. The van der Waals surface area contributed by atoms with Crippen molar-refractivity contribution >= 4 is 16.0 Å². The molecule has 27 heavy (non-hydrogen) atoms. The van der Waals surface area contributed by atoms with Gasteiger partial charge in [0, 0.05) is 13.1 Å². The van der Waals surface area contributed by atoms with Gasteiger partial charge in [-0.15, -0.1) is 0 Å². The molecular formula is C19H31NO6S. The summed E-state index contributed by atoms with van der Waals surface area (Å²) in [5.74, 6) is -0.689. The average molecular weight is 402 g/mol. The van der Waals surface area contributed by atoms with E-state index >= 15 is 0 Å². The second kappa shape index (κ2) is 11.9. The number of hydrogen-bond donors (Lipinski definition) is 2. The van der Waals surface area contributed by atoms with Gasteiger partial charge in [-0.05, 0) is 37.0 Å². The van der Waals surface area contributed by atoms with Crippen molar-refractivity contribution in [2.24, 2.45) is 0 Å². The maximum atomic E-state index is 12.1. The van der Waals surface area contributed by atoms with Gasteiger partial charge >= 0.3 is 5.97 Å². The van der Waals surface area contributed by atoms with Crippen molar-refractivity contribution in [1.82, 2.24) is 4.31 Å². The number of nitrogens with zero attached hydrogens (tertiary/aromatic N) is 1. The molecule has 1 rings (SSSR count). The number of aliphatic hydroxyl groups is 1. The van der Waals surface area contributed by atoms with E-state index in [2.05, 4.69) is 6.92 Å². The molecule has 0 aliphatic heterocycles. The van der Waals surface area contributed by atoms with E-state index in [1.165, 1.54) is 4.31 Å². The molecule has 0 heterocycles. The molecule has 0 saturated heterocycles. The van der Waals surface area contributed by atoms with Gasteiger partial charge in [-0.1, -0.05) is 38.3 Å². The van der Waals surface area contributed by atoms with Gasteiger partial charge in [0.1, 0.15) is 5.75 Å². The summed E-state index contributed by atoms with van der Waals surface area (Å²) in [4.78, 5) is 10.6. The standard InChI is InChI=1S/C19H31NO6S/c1-3-4-5-9-17(21)10-7-12-20(27(2,24)25)14-16-8-6-11-18(13-16)26-15-19(22)23/h6,8,11,13,17,21H,3-5,7,9-10,12,14-15H2,1-2H3,(H,22,23). The van der Waals surface area contributed by atoms with E-state index in [4.69, 9.17) is 9.84 Å². The minimum Gasteiger partial charge on any atom is -0.482 e. The third-order valence-corrected chi connectivity index (χ3v) is 5.42. The zero-order valence-electron chi connectivity index (χ0n) is 16.1. The number of rotatable bonds is 14. The first-order valence-corrected chi connectivity index (χ1v) is 11.1. The SMILES string of the molecule is CCCCCC(O)CCCN(Cc1cccc(OCC(=O)O)c1)S(C)(=O)=O. The highest BCUT2D eigenvalue weighted by atomic mass is 32.2. The zero-order valence-corrected chi connectivity index (χ0v) is 17.0. The summed E-state index contributed by atoms with van der Waals surface area (Å²) in [6.07, 6.45) is 5.83. The van der Waals surface area contributed by atoms with Crippen molar-refractivity contribution in [3.8, 4) is 5.75 Å². The Bertz CT molecular complexity index is 677. The first-order valence-electron chi connectivity index (χ1n) is 9.29. The van der Waals surface area contributed by atoms with Gasteiger partial charge in [-0.25, -0.2) is 13.2 Å². The van der Waals surface area contributed by atoms with E-state index < -0.39 is 28.7 Å². The Hall–Kier alpha value is -1.64. The van der Waals surface area contributed by atoms with Crippen LogP contribution in [-0.2, 0) is 21.4 Å². The first-order chi connectivity index (χ1) is 12.7. The highest BCUT2D eigenvalue weighted by Crippen LogP contribution is 2.17. The molecule has 1 unspecified atom stereocenters. The predicted octanol–water partition coefficient (Wildman–Crippen LogP) is 2.63. The summed E-state index contributed by atoms with van der Waals surface area (Å²) in [5.41, 5.74) is 0.715. The minimum atomic E-state index is -3.40. The molecule has 1 atom stereocenters. The summed E-state index contributed by atoms with van der Waals surface area (Å²) < 4.78 is 30.7. The molecule has 154 valence electrons. The molecule has 7 nitrogen and oxygen atoms in total. The first kappa shape index (κ1) is 23.4. The Morgan fingerprint density at radius 1 is 1.22 bits per heavy atom. The monoisotopic (exact) mass is 401 g/mol. The second-order valence-corrected chi connectivity index (χ2v) is 8.70. The number of unbranched alkanes of at least 4 members (excludes halogenated alkanes) is 2. The van der Waals surface area contributed by atoms with Crippen LogP contribution in [-0.4, -0.2) is 54.4 Å². The fourth-order valence-electron chi connectivity index (χ4n) is 2.72. The average Bonchev–Trinajstić information content (AvgIpc) is 2.59. The van der Waals surface area contributed by atoms with Crippen LogP contribution in [0.4, 0.5) is 0 Å². The van der Waals surface area contributed by atoms with Crippen molar-refractivity contribution in [2.75, 3.05) is 19.4 Å². The van der Waals surface area contributed by atoms with Crippen molar-refractivity contribution < 1.29 is 28.2 Å². The lowest BCUT2D eigenvalue weighted by molar-refractivity contribution is -0.139. The van der Waals surface area contributed by atoms with Crippen LogP contribution in [0.1, 0.15) is 51.0 Å². The largest absolute Gasteiger partial charge is 0.482 e. The molecule has 8 heteroatoms. The van der Waals surface area contributed by atoms with Crippen molar-refractivity contribution in [3.05, 3.63) is 29.8 Å². The highest BCUT2D eigenvalue weighted by molar-refractivity contribution is 7.88. The quantitative estimate of drug-likeness (QED) is 0.465. The number of sulfonamides is 1. The van der Waals surface area contributed by atoms with E-state index in [-0.39, 0.29) is 6.54 Å². The van der Waals surface area contributed by atoms with E-state index in [0.29, 0.717) is 30.7 Å². The number of carbonyl (C=O) groups is 1. The third kappa shape index (κ3) is 10.3. The van der Waals surface area contributed by atoms with Crippen LogP contribution in [0.15, 0.2) is 24.3 Å². The number of aliphatic carboxylic acids is 1. The Labute approximate surface area is 162 Å². The van der Waals surface area contributed by atoms with Crippen LogP contribution in [0, 0.1) is 0 Å². The number of benzene rings is 1. The molecule has 2 N–H and O–H groups in total. The fourth-order valence-corrected chi connectivity index (χ4v) is 3.57. The molecule has 0 radical (unpaired) electrons. The lowest BCUT2D eigenvalue weighted by atomic mass is 10.1. The predicted molar refractivity (Wildman–Crippen MR) is 104 cm³/mol. The van der Waals surface area contributed by atoms with E-state index in [1.54, 1.807) is 24.3 Å². The van der Waals surface area contributed by atoms with Gasteiger partial charge in [0.15, 0.2) is 6.61 Å². The maximum Gasteiger partial charge on any atom is 0.341 e. The molecule has 0 fully saturated rings. The molecular weight excluding hydrogens is 370 g/mol. The van der Waals surface area contributed by atoms with Gasteiger partial charge in [-0.3, -0.25) is 0 Å². The van der Waals surface area contributed by atoms with Gasteiger partial charge in [-0.2, -0.15) is 4.31 Å². The number of carboxylic acids is 1. The topological polar surface area (TPSA) is 104 Å². The molecule has 0 amide bonds. The minimum absolute atomic E-state index is 0.176. The van der Waals surface area contributed by atoms with Crippen LogP contribution in [0.25, 0.3) is 0 Å². The Kier molecular flexibility index (Phi) is 10.4. The molecule has 0 aliphatic rings. The van der Waals surface area contributed by atoms with Crippen LogP contribution < -0.4 is 4.74 Å². The lowest BCUT2D eigenvalue weighted by Crippen LogP contribution is -2.31. The van der Waals surface area contributed by atoms with E-state index in [0.717, 1.165) is 31.9 Å². The van der Waals surface area contributed by atoms with E-state index in [1.807, 2.05) is 0 Å². The summed E-state index contributed by atoms with van der Waals surface area (Å²) in [5, 5.41) is 18.7. The van der Waals surface area contributed by atoms with Gasteiger partial charge in [0.2, 0.25) is 10.0 Å². The normalized spacial score (nSPS) is 12.9. The van der Waals surface area contributed by atoms with Crippen LogP contribution in [0.2, 0.25) is 0 Å². The summed E-state index contributed by atoms with van der Waals surface area (Å²) in [6.45, 7) is 2.16. The third-order valence-electron chi connectivity index (χ3n) is 4.17. The van der Waals surface area contributed by atoms with Crippen LogP contribution in [0.3, 0.4) is 0 Å². The second-order valence-electron chi connectivity index (χ2n) is 6.72. The Morgan fingerprint density at radius 3 is 2.56 bits per heavy atom. The maximum absolute atomic E-state index is 12.1. The van der Waals surface area contributed by atoms with E-state index in [9.17, 15) is 18.3 Å². The van der Waals surface area contributed by atoms with Gasteiger partial charge in [0.25, 0.3) is 0 Å². The fraction of sp³-hybridized carbons (Fsp3) is 0.632. The Morgan fingerprint density at radius 2 is 1.93 bits per heavy atom. The highest BCUT2D eigenvalue weighted by Gasteiger charge is 2.18. The number of hydrogen-bond acceptors (Lipinski definition) is 5. The molecule has 0 aromatic heterocycles. The number of ether oxygens (including phenoxy) is 1. The smallest absolute Gasteiger partial charge is 0.341 e. The molecule has 0 saturated carbocycles. The van der Waals surface area contributed by atoms with Crippen molar-refractivity contribution in [2.45, 2.75) is 58.1 Å². The molecule has 0 bridgehead atoms. The van der Waals surface area contributed by atoms with Gasteiger partial charge in [0.05, 0.1) is 12.4 Å².